The molecule has 0 rings (SSSR count). The molecule has 0 bridgehead atoms. The zero-order valence-corrected chi connectivity index (χ0v) is 9.94. The van der Waals surface area contributed by atoms with Crippen molar-refractivity contribution in [2.24, 2.45) is 0 Å². The van der Waals surface area contributed by atoms with E-state index in [0.29, 0.717) is 0 Å². The van der Waals surface area contributed by atoms with E-state index < -0.39 is 17.9 Å². The number of ketones is 1. The summed E-state index contributed by atoms with van der Waals surface area (Å²) in [4.78, 5) is 10.9. The van der Waals surface area contributed by atoms with Crippen molar-refractivity contribution >= 4 is 5.78 Å². The smallest absolute Gasteiger partial charge is 0.405 e. The van der Waals surface area contributed by atoms with Gasteiger partial charge in [0.05, 0.1) is 0 Å². The largest absolute Gasteiger partial charge is 0.573 e. The van der Waals surface area contributed by atoms with Crippen molar-refractivity contribution in [2.75, 3.05) is 0 Å². The fourth-order valence-electron chi connectivity index (χ4n) is 0.948. The van der Waals surface area contributed by atoms with Crippen LogP contribution in [-0.4, -0.2) is 12.1 Å². The standard InChI is InChI=1S/C9H11F3O2.C2H6/c1-4-7(6(3)13)8(5-2)14-9(10,11)12;1-2/h5H,2,4H2,1,3H3;1-2H3/b8-7-;. The Labute approximate surface area is 93.8 Å². The van der Waals surface area contributed by atoms with Gasteiger partial charge >= 0.3 is 6.36 Å². The molecule has 0 atom stereocenters. The van der Waals surface area contributed by atoms with E-state index in [1.54, 1.807) is 6.92 Å². The number of hydrogen-bond acceptors (Lipinski definition) is 2. The molecule has 94 valence electrons. The van der Waals surface area contributed by atoms with E-state index in [0.717, 1.165) is 6.08 Å². The average molecular weight is 238 g/mol. The number of Topliss-reactive ketones (excluding diaryl/α,β-unsaturated/α-hetero) is 1. The molecule has 0 aromatic rings. The van der Waals surface area contributed by atoms with E-state index in [2.05, 4.69) is 11.3 Å². The van der Waals surface area contributed by atoms with Crippen LogP contribution in [0.1, 0.15) is 34.1 Å². The highest BCUT2D eigenvalue weighted by Gasteiger charge is 2.32. The molecular weight excluding hydrogens is 221 g/mol. The normalized spacial score (nSPS) is 11.9. The van der Waals surface area contributed by atoms with Gasteiger partial charge in [-0.05, 0) is 19.4 Å². The number of halogens is 3. The minimum Gasteiger partial charge on any atom is -0.405 e. The van der Waals surface area contributed by atoms with Gasteiger partial charge in [0, 0.05) is 5.57 Å². The monoisotopic (exact) mass is 238 g/mol. The van der Waals surface area contributed by atoms with Gasteiger partial charge in [-0.15, -0.1) is 13.2 Å². The summed E-state index contributed by atoms with van der Waals surface area (Å²) in [6, 6.07) is 0. The second kappa shape index (κ2) is 7.96. The SMILES string of the molecule is C=C/C(OC(F)(F)F)=C(\CC)C(C)=O.CC. The van der Waals surface area contributed by atoms with Crippen molar-refractivity contribution in [1.82, 2.24) is 0 Å². The third kappa shape index (κ3) is 7.09. The molecule has 2 nitrogen and oxygen atoms in total. The predicted octanol–water partition coefficient (Wildman–Crippen LogP) is 3.99. The third-order valence-corrected chi connectivity index (χ3v) is 1.49. The lowest BCUT2D eigenvalue weighted by Gasteiger charge is -2.12. The van der Waals surface area contributed by atoms with Crippen LogP contribution in [0.5, 0.6) is 0 Å². The molecule has 0 aromatic carbocycles. The maximum atomic E-state index is 11.8. The molecule has 0 spiro atoms. The number of allylic oxidation sites excluding steroid dienone is 2. The van der Waals surface area contributed by atoms with Gasteiger partial charge in [-0.25, -0.2) is 0 Å². The Balaban J connectivity index is 0. The number of hydrogen-bond donors (Lipinski definition) is 0. The number of ether oxygens (including phenoxy) is 1. The minimum absolute atomic E-state index is 0.0164. The summed E-state index contributed by atoms with van der Waals surface area (Å²) in [5.74, 6) is -0.973. The van der Waals surface area contributed by atoms with Crippen LogP contribution in [0.4, 0.5) is 13.2 Å². The van der Waals surface area contributed by atoms with Crippen LogP contribution in [-0.2, 0) is 9.53 Å². The Morgan fingerprint density at radius 2 is 1.81 bits per heavy atom. The first kappa shape index (κ1) is 17.1. The molecule has 0 aliphatic rings. The Bertz CT molecular complexity index is 265. The molecule has 0 radical (unpaired) electrons. The predicted molar refractivity (Wildman–Crippen MR) is 56.7 cm³/mol. The summed E-state index contributed by atoms with van der Waals surface area (Å²) < 4.78 is 39.2. The molecule has 5 heteroatoms. The van der Waals surface area contributed by atoms with E-state index in [9.17, 15) is 18.0 Å². The summed E-state index contributed by atoms with van der Waals surface area (Å²) in [7, 11) is 0. The zero-order chi connectivity index (χ0) is 13.4. The van der Waals surface area contributed by atoms with E-state index in [1.165, 1.54) is 6.92 Å². The van der Waals surface area contributed by atoms with Gasteiger partial charge in [0.15, 0.2) is 5.78 Å². The second-order valence-corrected chi connectivity index (χ2v) is 2.50. The molecule has 0 aromatic heterocycles. The van der Waals surface area contributed by atoms with E-state index in [-0.39, 0.29) is 12.0 Å². The Kier molecular flexibility index (Phi) is 8.53. The van der Waals surface area contributed by atoms with Crippen molar-refractivity contribution < 1.29 is 22.7 Å². The fraction of sp³-hybridized carbons (Fsp3) is 0.545. The van der Waals surface area contributed by atoms with Crippen LogP contribution < -0.4 is 0 Å². The van der Waals surface area contributed by atoms with E-state index in [1.807, 2.05) is 13.8 Å². The first-order valence-corrected chi connectivity index (χ1v) is 4.94. The molecule has 0 saturated heterocycles. The lowest BCUT2D eigenvalue weighted by molar-refractivity contribution is -0.303. The molecule has 0 amide bonds. The molecular formula is C11H17F3O2. The van der Waals surface area contributed by atoms with Gasteiger partial charge in [-0.1, -0.05) is 27.4 Å². The van der Waals surface area contributed by atoms with Gasteiger partial charge in [-0.3, -0.25) is 4.79 Å². The molecule has 0 saturated carbocycles. The number of carbonyl (C=O) groups excluding carboxylic acids is 1. The molecule has 0 aliphatic heterocycles. The maximum Gasteiger partial charge on any atom is 0.573 e. The summed E-state index contributed by atoms with van der Waals surface area (Å²) >= 11 is 0. The lowest BCUT2D eigenvalue weighted by Crippen LogP contribution is -2.15. The second-order valence-electron chi connectivity index (χ2n) is 2.50. The highest BCUT2D eigenvalue weighted by atomic mass is 19.4. The molecule has 16 heavy (non-hydrogen) atoms. The van der Waals surface area contributed by atoms with E-state index in [4.69, 9.17) is 0 Å². The fourth-order valence-corrected chi connectivity index (χ4v) is 0.948. The van der Waals surface area contributed by atoms with Gasteiger partial charge in [0.2, 0.25) is 0 Å². The van der Waals surface area contributed by atoms with Crippen LogP contribution >= 0.6 is 0 Å². The Morgan fingerprint density at radius 3 is 2.00 bits per heavy atom. The van der Waals surface area contributed by atoms with Crippen LogP contribution in [0, 0.1) is 0 Å². The third-order valence-electron chi connectivity index (χ3n) is 1.49. The number of alkyl halides is 3. The van der Waals surface area contributed by atoms with Gasteiger partial charge in [0.25, 0.3) is 0 Å². The topological polar surface area (TPSA) is 26.3 Å². The summed E-state index contributed by atoms with van der Waals surface area (Å²) in [6.07, 6.45) is -3.74. The summed E-state index contributed by atoms with van der Waals surface area (Å²) in [5.41, 5.74) is -0.0164. The molecule has 0 N–H and O–H groups in total. The van der Waals surface area contributed by atoms with Crippen molar-refractivity contribution in [3.05, 3.63) is 24.0 Å². The van der Waals surface area contributed by atoms with Crippen molar-refractivity contribution in [3.63, 3.8) is 0 Å². The highest BCUT2D eigenvalue weighted by Crippen LogP contribution is 2.24. The maximum absolute atomic E-state index is 11.8. The highest BCUT2D eigenvalue weighted by molar-refractivity contribution is 5.94. The van der Waals surface area contributed by atoms with Crippen molar-refractivity contribution in [2.45, 2.75) is 40.5 Å². The van der Waals surface area contributed by atoms with Crippen LogP contribution in [0.25, 0.3) is 0 Å². The van der Waals surface area contributed by atoms with Crippen LogP contribution in [0.3, 0.4) is 0 Å². The van der Waals surface area contributed by atoms with Gasteiger partial charge in [0.1, 0.15) is 5.76 Å². The molecule has 0 fully saturated rings. The summed E-state index contributed by atoms with van der Waals surface area (Å²) in [5, 5.41) is 0. The minimum atomic E-state index is -4.79. The zero-order valence-electron chi connectivity index (χ0n) is 9.94. The van der Waals surface area contributed by atoms with Crippen molar-refractivity contribution in [3.8, 4) is 0 Å². The Morgan fingerprint density at radius 1 is 1.38 bits per heavy atom. The van der Waals surface area contributed by atoms with Crippen molar-refractivity contribution in [1.29, 1.82) is 0 Å². The Hall–Kier alpha value is -1.26. The van der Waals surface area contributed by atoms with E-state index >= 15 is 0 Å². The van der Waals surface area contributed by atoms with Crippen LogP contribution in [0.15, 0.2) is 24.0 Å². The first-order valence-electron chi connectivity index (χ1n) is 4.94. The number of rotatable bonds is 4. The quantitative estimate of drug-likeness (QED) is 0.420. The van der Waals surface area contributed by atoms with Gasteiger partial charge < -0.3 is 4.74 Å². The molecule has 0 heterocycles. The molecule has 0 aliphatic carbocycles. The van der Waals surface area contributed by atoms with Gasteiger partial charge in [-0.2, -0.15) is 0 Å². The number of carbonyl (C=O) groups is 1. The lowest BCUT2D eigenvalue weighted by atomic mass is 10.1. The molecule has 0 unspecified atom stereocenters. The summed E-state index contributed by atoms with van der Waals surface area (Å²) in [6.45, 7) is 9.91. The van der Waals surface area contributed by atoms with Crippen LogP contribution in [0.2, 0.25) is 0 Å². The first-order chi connectivity index (χ1) is 7.31. The average Bonchev–Trinajstić information content (AvgIpc) is 2.18.